The summed E-state index contributed by atoms with van der Waals surface area (Å²) in [4.78, 5) is 14.5. The van der Waals surface area contributed by atoms with E-state index in [2.05, 4.69) is 0 Å². The van der Waals surface area contributed by atoms with E-state index in [1.165, 1.54) is 0 Å². The first kappa shape index (κ1) is 14.8. The molecule has 21 heavy (non-hydrogen) atoms. The van der Waals surface area contributed by atoms with E-state index in [4.69, 9.17) is 21.1 Å². The van der Waals surface area contributed by atoms with E-state index in [1.54, 1.807) is 24.3 Å². The molecule has 0 saturated carbocycles. The molecular formula is C16H20ClNO3. The van der Waals surface area contributed by atoms with E-state index in [0.717, 1.165) is 19.4 Å². The molecule has 0 unspecified atom stereocenters. The van der Waals surface area contributed by atoms with Gasteiger partial charge in [-0.05, 0) is 44.0 Å². The zero-order valence-corrected chi connectivity index (χ0v) is 12.9. The second kappa shape index (κ2) is 5.95. The van der Waals surface area contributed by atoms with Gasteiger partial charge in [0.2, 0.25) is 0 Å². The molecule has 114 valence electrons. The normalized spacial score (nSPS) is 25.0. The number of amides is 1. The highest BCUT2D eigenvalue weighted by atomic mass is 35.5. The molecule has 0 radical (unpaired) electrons. The Labute approximate surface area is 130 Å². The minimum atomic E-state index is -0.543. The van der Waals surface area contributed by atoms with Crippen molar-refractivity contribution in [2.75, 3.05) is 26.3 Å². The molecule has 2 aliphatic heterocycles. The topological polar surface area (TPSA) is 38.8 Å². The molecule has 0 aromatic heterocycles. The Balaban J connectivity index is 1.70. The third kappa shape index (κ3) is 3.07. The number of likely N-dealkylation sites (tertiary alicyclic amines) is 1. The highest BCUT2D eigenvalue weighted by Gasteiger charge is 2.42. The van der Waals surface area contributed by atoms with Gasteiger partial charge in [0.25, 0.3) is 5.91 Å². The summed E-state index contributed by atoms with van der Waals surface area (Å²) in [5.41, 5.74) is 0.679. The minimum absolute atomic E-state index is 0.0537. The van der Waals surface area contributed by atoms with Crippen LogP contribution in [0, 0.1) is 5.92 Å². The Morgan fingerprint density at radius 2 is 1.95 bits per heavy atom. The number of carbonyl (C=O) groups excluding carboxylic acids is 1. The second-order valence-electron chi connectivity index (χ2n) is 5.81. The lowest BCUT2D eigenvalue weighted by Crippen LogP contribution is -2.48. The molecule has 2 saturated heterocycles. The lowest BCUT2D eigenvalue weighted by Gasteiger charge is -2.39. The summed E-state index contributed by atoms with van der Waals surface area (Å²) < 4.78 is 11.5. The number of rotatable bonds is 2. The Kier molecular flexibility index (Phi) is 4.20. The SMILES string of the molecule is CC1([C@H]2CCCN(C(=O)c3ccc(Cl)cc3)C2)OCCO1. The van der Waals surface area contributed by atoms with Crippen LogP contribution in [0.3, 0.4) is 0 Å². The van der Waals surface area contributed by atoms with Crippen LogP contribution >= 0.6 is 11.6 Å². The van der Waals surface area contributed by atoms with Gasteiger partial charge in [-0.3, -0.25) is 4.79 Å². The van der Waals surface area contributed by atoms with Crippen LogP contribution in [-0.2, 0) is 9.47 Å². The number of nitrogens with zero attached hydrogens (tertiary/aromatic N) is 1. The maximum absolute atomic E-state index is 12.6. The van der Waals surface area contributed by atoms with E-state index in [1.807, 2.05) is 11.8 Å². The molecule has 0 N–H and O–H groups in total. The van der Waals surface area contributed by atoms with Gasteiger partial charge in [-0.1, -0.05) is 11.6 Å². The van der Waals surface area contributed by atoms with E-state index in [-0.39, 0.29) is 11.8 Å². The summed E-state index contributed by atoms with van der Waals surface area (Å²) in [5.74, 6) is -0.262. The molecule has 2 fully saturated rings. The standard InChI is InChI=1S/C16H20ClNO3/c1-16(20-9-10-21-16)13-3-2-8-18(11-13)15(19)12-4-6-14(17)7-5-12/h4-7,13H,2-3,8-11H2,1H3/t13-/m0/s1. The van der Waals surface area contributed by atoms with Crippen molar-refractivity contribution < 1.29 is 14.3 Å². The van der Waals surface area contributed by atoms with E-state index in [0.29, 0.717) is 30.3 Å². The molecule has 4 nitrogen and oxygen atoms in total. The first-order chi connectivity index (χ1) is 10.1. The van der Waals surface area contributed by atoms with Crippen LogP contribution in [0.4, 0.5) is 0 Å². The van der Waals surface area contributed by atoms with Crippen molar-refractivity contribution in [3.8, 4) is 0 Å². The molecule has 5 heteroatoms. The van der Waals surface area contributed by atoms with Crippen LogP contribution in [0.2, 0.25) is 5.02 Å². The van der Waals surface area contributed by atoms with Crippen molar-refractivity contribution in [3.05, 3.63) is 34.9 Å². The average Bonchev–Trinajstić information content (AvgIpc) is 2.96. The van der Waals surface area contributed by atoms with Crippen LogP contribution < -0.4 is 0 Å². The van der Waals surface area contributed by atoms with Crippen molar-refractivity contribution in [3.63, 3.8) is 0 Å². The molecule has 1 amide bonds. The van der Waals surface area contributed by atoms with Crippen LogP contribution in [0.1, 0.15) is 30.1 Å². The quantitative estimate of drug-likeness (QED) is 0.843. The number of piperidine rings is 1. The molecular weight excluding hydrogens is 290 g/mol. The van der Waals surface area contributed by atoms with Crippen molar-refractivity contribution in [1.29, 1.82) is 0 Å². The van der Waals surface area contributed by atoms with Gasteiger partial charge < -0.3 is 14.4 Å². The number of halogens is 1. The zero-order valence-electron chi connectivity index (χ0n) is 12.2. The van der Waals surface area contributed by atoms with Crippen LogP contribution in [0.5, 0.6) is 0 Å². The predicted octanol–water partition coefficient (Wildman–Crippen LogP) is 2.96. The summed E-state index contributed by atoms with van der Waals surface area (Å²) in [7, 11) is 0. The predicted molar refractivity (Wildman–Crippen MR) is 80.4 cm³/mol. The fourth-order valence-corrected chi connectivity index (χ4v) is 3.26. The summed E-state index contributed by atoms with van der Waals surface area (Å²) >= 11 is 5.87. The van der Waals surface area contributed by atoms with Crippen molar-refractivity contribution in [2.45, 2.75) is 25.6 Å². The van der Waals surface area contributed by atoms with Gasteiger partial charge in [-0.15, -0.1) is 0 Å². The maximum atomic E-state index is 12.6. The van der Waals surface area contributed by atoms with Crippen molar-refractivity contribution in [1.82, 2.24) is 4.90 Å². The zero-order chi connectivity index (χ0) is 14.9. The Morgan fingerprint density at radius 1 is 1.29 bits per heavy atom. The molecule has 3 rings (SSSR count). The molecule has 2 aliphatic rings. The number of carbonyl (C=O) groups is 1. The lowest BCUT2D eigenvalue weighted by atomic mass is 9.90. The summed E-state index contributed by atoms with van der Waals surface area (Å²) in [6, 6.07) is 7.05. The van der Waals surface area contributed by atoms with Crippen LogP contribution in [0.25, 0.3) is 0 Å². The highest BCUT2D eigenvalue weighted by Crippen LogP contribution is 2.34. The smallest absolute Gasteiger partial charge is 0.253 e. The van der Waals surface area contributed by atoms with E-state index < -0.39 is 5.79 Å². The molecule has 1 atom stereocenters. The second-order valence-corrected chi connectivity index (χ2v) is 6.25. The molecule has 1 aromatic rings. The summed E-state index contributed by atoms with van der Waals surface area (Å²) in [5, 5.41) is 0.642. The van der Waals surface area contributed by atoms with Crippen LogP contribution in [-0.4, -0.2) is 42.9 Å². The van der Waals surface area contributed by atoms with Gasteiger partial charge >= 0.3 is 0 Å². The van der Waals surface area contributed by atoms with Gasteiger partial charge in [0.1, 0.15) is 0 Å². The highest BCUT2D eigenvalue weighted by molar-refractivity contribution is 6.30. The van der Waals surface area contributed by atoms with Gasteiger partial charge in [0, 0.05) is 29.6 Å². The monoisotopic (exact) mass is 309 g/mol. The van der Waals surface area contributed by atoms with Gasteiger partial charge in [-0.2, -0.15) is 0 Å². The fraction of sp³-hybridized carbons (Fsp3) is 0.562. The number of hydrogen-bond acceptors (Lipinski definition) is 3. The minimum Gasteiger partial charge on any atom is -0.347 e. The third-order valence-corrected chi connectivity index (χ3v) is 4.65. The van der Waals surface area contributed by atoms with Gasteiger partial charge in [0.15, 0.2) is 5.79 Å². The lowest BCUT2D eigenvalue weighted by molar-refractivity contribution is -0.189. The number of ether oxygens (including phenoxy) is 2. The Morgan fingerprint density at radius 3 is 2.62 bits per heavy atom. The summed E-state index contributed by atoms with van der Waals surface area (Å²) in [6.07, 6.45) is 2.01. The van der Waals surface area contributed by atoms with Crippen molar-refractivity contribution >= 4 is 17.5 Å². The van der Waals surface area contributed by atoms with E-state index in [9.17, 15) is 4.79 Å². The maximum Gasteiger partial charge on any atom is 0.253 e. The Bertz CT molecular complexity index is 511. The van der Waals surface area contributed by atoms with Gasteiger partial charge in [0.05, 0.1) is 13.2 Å². The Hall–Kier alpha value is -1.10. The molecule has 0 bridgehead atoms. The fourth-order valence-electron chi connectivity index (χ4n) is 3.13. The summed E-state index contributed by atoms with van der Waals surface area (Å²) in [6.45, 7) is 4.73. The average molecular weight is 310 g/mol. The van der Waals surface area contributed by atoms with Gasteiger partial charge in [-0.25, -0.2) is 0 Å². The largest absolute Gasteiger partial charge is 0.347 e. The first-order valence-corrected chi connectivity index (χ1v) is 7.79. The van der Waals surface area contributed by atoms with E-state index >= 15 is 0 Å². The molecule has 0 aliphatic carbocycles. The first-order valence-electron chi connectivity index (χ1n) is 7.41. The van der Waals surface area contributed by atoms with Crippen LogP contribution in [0.15, 0.2) is 24.3 Å². The van der Waals surface area contributed by atoms with Crippen molar-refractivity contribution in [2.24, 2.45) is 5.92 Å². The third-order valence-electron chi connectivity index (χ3n) is 4.40. The molecule has 0 spiro atoms. The molecule has 1 aromatic carbocycles. The number of hydrogen-bond donors (Lipinski definition) is 0. The number of benzene rings is 1. The molecule has 2 heterocycles.